The van der Waals surface area contributed by atoms with E-state index in [0.717, 1.165) is 32.7 Å². The first-order valence-electron chi connectivity index (χ1n) is 7.89. The van der Waals surface area contributed by atoms with Crippen molar-refractivity contribution in [2.75, 3.05) is 32.7 Å². The van der Waals surface area contributed by atoms with Crippen LogP contribution in [0, 0.1) is 25.2 Å². The summed E-state index contributed by atoms with van der Waals surface area (Å²) in [6.07, 6.45) is 0. The van der Waals surface area contributed by atoms with Crippen molar-refractivity contribution in [2.24, 2.45) is 0 Å². The molecule has 1 aromatic rings. The SMILES string of the molecule is CCN1CCN(C(=O)C(C)Sc2nc(C)nc(C)c2C#N)CC1. The Morgan fingerprint density at radius 1 is 1.30 bits per heavy atom. The largest absolute Gasteiger partial charge is 0.339 e. The zero-order valence-corrected chi connectivity index (χ0v) is 15.0. The number of hydrogen-bond acceptors (Lipinski definition) is 6. The average Bonchev–Trinajstić information content (AvgIpc) is 2.54. The summed E-state index contributed by atoms with van der Waals surface area (Å²) in [5.41, 5.74) is 1.13. The van der Waals surface area contributed by atoms with E-state index in [1.165, 1.54) is 11.8 Å². The zero-order chi connectivity index (χ0) is 17.0. The Balaban J connectivity index is 2.06. The van der Waals surface area contributed by atoms with Crippen LogP contribution in [0.5, 0.6) is 0 Å². The Bertz CT molecular complexity index is 620. The predicted octanol–water partition coefficient (Wildman–Crippen LogP) is 1.61. The third-order valence-corrected chi connectivity index (χ3v) is 5.12. The van der Waals surface area contributed by atoms with Crippen molar-refractivity contribution in [1.29, 1.82) is 5.26 Å². The number of hydrogen-bond donors (Lipinski definition) is 0. The molecule has 1 fully saturated rings. The summed E-state index contributed by atoms with van der Waals surface area (Å²) in [5.74, 6) is 0.740. The first-order valence-corrected chi connectivity index (χ1v) is 8.77. The van der Waals surface area contributed by atoms with Crippen LogP contribution < -0.4 is 0 Å². The number of rotatable bonds is 4. The molecule has 0 bridgehead atoms. The lowest BCUT2D eigenvalue weighted by Gasteiger charge is -2.35. The standard InChI is InChI=1S/C16H23N5OS/c1-5-20-6-8-21(9-7-20)16(22)12(3)23-15-14(10-17)11(2)18-13(4)19-15/h12H,5-9H2,1-4H3. The van der Waals surface area contributed by atoms with Gasteiger partial charge in [-0.2, -0.15) is 5.26 Å². The van der Waals surface area contributed by atoms with E-state index >= 15 is 0 Å². The van der Waals surface area contributed by atoms with Crippen LogP contribution in [0.4, 0.5) is 0 Å². The second-order valence-corrected chi connectivity index (χ2v) is 7.00. The number of likely N-dealkylation sites (N-methyl/N-ethyl adjacent to an activating group) is 1. The molecule has 6 nitrogen and oxygen atoms in total. The Morgan fingerprint density at radius 3 is 2.52 bits per heavy atom. The molecule has 0 aromatic carbocycles. The molecule has 1 aliphatic heterocycles. The summed E-state index contributed by atoms with van der Waals surface area (Å²) in [6.45, 7) is 12.0. The molecule has 1 amide bonds. The molecule has 1 aliphatic rings. The van der Waals surface area contributed by atoms with Gasteiger partial charge in [0, 0.05) is 26.2 Å². The number of nitriles is 1. The minimum Gasteiger partial charge on any atom is -0.339 e. The second kappa shape index (κ2) is 7.75. The van der Waals surface area contributed by atoms with Gasteiger partial charge < -0.3 is 9.80 Å². The Labute approximate surface area is 141 Å². The van der Waals surface area contributed by atoms with E-state index in [2.05, 4.69) is 27.9 Å². The Kier molecular flexibility index (Phi) is 5.97. The molecule has 0 aliphatic carbocycles. The van der Waals surface area contributed by atoms with Gasteiger partial charge in [0.05, 0.1) is 10.9 Å². The molecule has 0 spiro atoms. The highest BCUT2D eigenvalue weighted by Crippen LogP contribution is 2.27. The van der Waals surface area contributed by atoms with E-state index in [-0.39, 0.29) is 11.2 Å². The number of carbonyl (C=O) groups excluding carboxylic acids is 1. The van der Waals surface area contributed by atoms with E-state index in [4.69, 9.17) is 0 Å². The summed E-state index contributed by atoms with van der Waals surface area (Å²) in [5, 5.41) is 9.64. The van der Waals surface area contributed by atoms with Crippen molar-refractivity contribution in [2.45, 2.75) is 38.0 Å². The smallest absolute Gasteiger partial charge is 0.235 e. The van der Waals surface area contributed by atoms with E-state index in [9.17, 15) is 10.1 Å². The minimum atomic E-state index is -0.260. The molecular weight excluding hydrogens is 310 g/mol. The van der Waals surface area contributed by atoms with E-state index < -0.39 is 0 Å². The van der Waals surface area contributed by atoms with Gasteiger partial charge in [0.2, 0.25) is 5.91 Å². The molecule has 1 atom stereocenters. The number of carbonyl (C=O) groups is 1. The van der Waals surface area contributed by atoms with Gasteiger partial charge in [-0.05, 0) is 27.3 Å². The maximum atomic E-state index is 12.6. The third kappa shape index (κ3) is 4.21. The topological polar surface area (TPSA) is 73.1 Å². The van der Waals surface area contributed by atoms with Gasteiger partial charge in [-0.1, -0.05) is 18.7 Å². The van der Waals surface area contributed by atoms with Crippen molar-refractivity contribution < 1.29 is 4.79 Å². The van der Waals surface area contributed by atoms with Gasteiger partial charge in [0.1, 0.15) is 22.5 Å². The van der Waals surface area contributed by atoms with Crippen LogP contribution in [0.2, 0.25) is 0 Å². The molecule has 7 heteroatoms. The summed E-state index contributed by atoms with van der Waals surface area (Å²) < 4.78 is 0. The van der Waals surface area contributed by atoms with Gasteiger partial charge in [-0.25, -0.2) is 9.97 Å². The van der Waals surface area contributed by atoms with Crippen LogP contribution in [0.1, 0.15) is 30.9 Å². The van der Waals surface area contributed by atoms with Crippen LogP contribution in [0.25, 0.3) is 0 Å². The van der Waals surface area contributed by atoms with Crippen LogP contribution in [0.15, 0.2) is 5.03 Å². The fraction of sp³-hybridized carbons (Fsp3) is 0.625. The maximum absolute atomic E-state index is 12.6. The zero-order valence-electron chi connectivity index (χ0n) is 14.2. The number of thioether (sulfide) groups is 1. The fourth-order valence-corrected chi connectivity index (χ4v) is 3.74. The second-order valence-electron chi connectivity index (χ2n) is 5.67. The molecule has 23 heavy (non-hydrogen) atoms. The summed E-state index contributed by atoms with van der Waals surface area (Å²) >= 11 is 1.35. The number of aryl methyl sites for hydroxylation is 2. The molecule has 1 unspecified atom stereocenters. The van der Waals surface area contributed by atoms with Crippen molar-refractivity contribution in [3.05, 3.63) is 17.1 Å². The highest BCUT2D eigenvalue weighted by molar-refractivity contribution is 8.00. The lowest BCUT2D eigenvalue weighted by Crippen LogP contribution is -2.50. The van der Waals surface area contributed by atoms with Crippen molar-refractivity contribution in [1.82, 2.24) is 19.8 Å². The lowest BCUT2D eigenvalue weighted by molar-refractivity contribution is -0.132. The van der Waals surface area contributed by atoms with Crippen LogP contribution in [0.3, 0.4) is 0 Å². The molecular formula is C16H23N5OS. The maximum Gasteiger partial charge on any atom is 0.235 e. The van der Waals surface area contributed by atoms with Crippen molar-refractivity contribution in [3.8, 4) is 6.07 Å². The lowest BCUT2D eigenvalue weighted by atomic mass is 10.2. The molecule has 0 N–H and O–H groups in total. The monoisotopic (exact) mass is 333 g/mol. The highest BCUT2D eigenvalue weighted by Gasteiger charge is 2.26. The normalized spacial score (nSPS) is 16.9. The molecule has 1 aromatic heterocycles. The van der Waals surface area contributed by atoms with Crippen LogP contribution in [-0.2, 0) is 4.79 Å². The summed E-state index contributed by atoms with van der Waals surface area (Å²) in [7, 11) is 0. The highest BCUT2D eigenvalue weighted by atomic mass is 32.2. The third-order valence-electron chi connectivity index (χ3n) is 4.05. The van der Waals surface area contributed by atoms with Gasteiger partial charge in [0.15, 0.2) is 0 Å². The Hall–Kier alpha value is -1.65. The molecule has 0 radical (unpaired) electrons. The molecule has 0 saturated carbocycles. The Morgan fingerprint density at radius 2 is 1.96 bits per heavy atom. The first-order chi connectivity index (χ1) is 11.0. The fourth-order valence-electron chi connectivity index (χ4n) is 2.65. The van der Waals surface area contributed by atoms with Crippen LogP contribution in [-0.4, -0.2) is 63.6 Å². The molecule has 1 saturated heterocycles. The van der Waals surface area contributed by atoms with E-state index in [0.29, 0.717) is 22.1 Å². The van der Waals surface area contributed by atoms with Gasteiger partial charge in [0.25, 0.3) is 0 Å². The molecule has 2 rings (SSSR count). The quantitative estimate of drug-likeness (QED) is 0.616. The number of amides is 1. The number of piperazine rings is 1. The van der Waals surface area contributed by atoms with Gasteiger partial charge in [-0.3, -0.25) is 4.79 Å². The summed E-state index contributed by atoms with van der Waals surface area (Å²) in [4.78, 5) is 25.4. The number of nitrogens with zero attached hydrogens (tertiary/aromatic N) is 5. The number of aromatic nitrogens is 2. The molecule has 124 valence electrons. The van der Waals surface area contributed by atoms with Crippen molar-refractivity contribution in [3.63, 3.8) is 0 Å². The molecule has 2 heterocycles. The average molecular weight is 333 g/mol. The first kappa shape index (κ1) is 17.7. The van der Waals surface area contributed by atoms with Crippen molar-refractivity contribution >= 4 is 17.7 Å². The van der Waals surface area contributed by atoms with E-state index in [1.54, 1.807) is 13.8 Å². The van der Waals surface area contributed by atoms with E-state index in [1.807, 2.05) is 11.8 Å². The summed E-state index contributed by atoms with van der Waals surface area (Å²) in [6, 6.07) is 2.15. The van der Waals surface area contributed by atoms with Gasteiger partial charge in [-0.15, -0.1) is 0 Å². The van der Waals surface area contributed by atoms with Gasteiger partial charge >= 0.3 is 0 Å². The predicted molar refractivity (Wildman–Crippen MR) is 90.2 cm³/mol. The van der Waals surface area contributed by atoms with Crippen LogP contribution >= 0.6 is 11.8 Å². The minimum absolute atomic E-state index is 0.114.